The van der Waals surface area contributed by atoms with E-state index in [-0.39, 0.29) is 17.5 Å². The van der Waals surface area contributed by atoms with E-state index in [1.165, 1.54) is 34.4 Å². The molecule has 8 nitrogen and oxygen atoms in total. The number of nitrogens with zero attached hydrogens (tertiary/aromatic N) is 1. The van der Waals surface area contributed by atoms with Crippen molar-refractivity contribution in [2.24, 2.45) is 0 Å². The number of carbonyl (C=O) groups is 3. The number of aromatic nitrogens is 1. The normalized spacial score (nSPS) is 12.0. The fourth-order valence-electron chi connectivity index (χ4n) is 3.98. The molecule has 1 atom stereocenters. The van der Waals surface area contributed by atoms with Gasteiger partial charge in [0.05, 0.1) is 22.1 Å². The van der Waals surface area contributed by atoms with Gasteiger partial charge in [-0.15, -0.1) is 23.1 Å². The summed E-state index contributed by atoms with van der Waals surface area (Å²) in [7, 11) is 0. The van der Waals surface area contributed by atoms with Crippen LogP contribution in [0.5, 0.6) is 5.75 Å². The molecule has 11 heteroatoms. The fraction of sp³-hybridized carbons (Fsp3) is 0.125. The second-order valence-electron chi connectivity index (χ2n) is 9.21. The van der Waals surface area contributed by atoms with Crippen molar-refractivity contribution < 1.29 is 19.1 Å². The average molecular weight is 629 g/mol. The lowest BCUT2D eigenvalue weighted by Gasteiger charge is -2.13. The van der Waals surface area contributed by atoms with Crippen LogP contribution in [-0.4, -0.2) is 34.6 Å². The number of amides is 3. The quantitative estimate of drug-likeness (QED) is 0.105. The molecule has 0 fully saturated rings. The zero-order valence-electron chi connectivity index (χ0n) is 23.3. The van der Waals surface area contributed by atoms with Crippen LogP contribution in [0.2, 0.25) is 0 Å². The molecule has 0 bridgehead atoms. The lowest BCUT2D eigenvalue weighted by atomic mass is 10.2. The number of thiophene rings is 1. The first-order valence-electron chi connectivity index (χ1n) is 13.4. The second-order valence-corrected chi connectivity index (χ2v) is 12.6. The summed E-state index contributed by atoms with van der Waals surface area (Å²) in [5.41, 5.74) is 1.88. The van der Waals surface area contributed by atoms with Crippen molar-refractivity contribution in [3.05, 3.63) is 106 Å². The van der Waals surface area contributed by atoms with Gasteiger partial charge in [0.15, 0.2) is 5.13 Å². The van der Waals surface area contributed by atoms with Crippen LogP contribution in [0.1, 0.15) is 29.1 Å². The van der Waals surface area contributed by atoms with Gasteiger partial charge in [0.2, 0.25) is 5.91 Å². The van der Waals surface area contributed by atoms with Crippen LogP contribution in [0.4, 0.5) is 10.8 Å². The summed E-state index contributed by atoms with van der Waals surface area (Å²) in [6, 6.07) is 25.3. The molecule has 3 amide bonds. The van der Waals surface area contributed by atoms with Gasteiger partial charge in [0.25, 0.3) is 11.8 Å². The number of thiazole rings is 1. The van der Waals surface area contributed by atoms with Crippen molar-refractivity contribution in [3.8, 4) is 5.75 Å². The number of thioether (sulfide) groups is 1. The molecule has 5 rings (SSSR count). The maximum Gasteiger partial charge on any atom is 0.272 e. The number of hydrogen-bond donors (Lipinski definition) is 3. The Bertz CT molecular complexity index is 1770. The number of carbonyl (C=O) groups excluding carboxylic acids is 3. The number of fused-ring (bicyclic) bond motifs is 1. The Labute approximate surface area is 261 Å². The average Bonchev–Trinajstić information content (AvgIpc) is 3.67. The minimum atomic E-state index is -0.464. The van der Waals surface area contributed by atoms with E-state index in [4.69, 9.17) is 4.74 Å². The van der Waals surface area contributed by atoms with Crippen molar-refractivity contribution in [2.75, 3.05) is 17.2 Å². The van der Waals surface area contributed by atoms with Crippen LogP contribution in [0.25, 0.3) is 16.3 Å². The largest absolute Gasteiger partial charge is 0.494 e. The number of ether oxygens (including phenoxy) is 1. The molecule has 0 spiro atoms. The van der Waals surface area contributed by atoms with Gasteiger partial charge in [-0.05, 0) is 79.9 Å². The first-order valence-corrected chi connectivity index (χ1v) is 16.0. The third kappa shape index (κ3) is 8.10. The highest BCUT2D eigenvalue weighted by Gasteiger charge is 2.19. The topological polar surface area (TPSA) is 109 Å². The Morgan fingerprint density at radius 1 is 0.977 bits per heavy atom. The molecular formula is C32H28N4O4S3. The third-order valence-electron chi connectivity index (χ3n) is 6.03. The lowest BCUT2D eigenvalue weighted by molar-refractivity contribution is -0.115. The summed E-state index contributed by atoms with van der Waals surface area (Å²) in [4.78, 5) is 45.2. The summed E-state index contributed by atoms with van der Waals surface area (Å²) >= 11 is 4.21. The predicted octanol–water partition coefficient (Wildman–Crippen LogP) is 7.29. The monoisotopic (exact) mass is 628 g/mol. The summed E-state index contributed by atoms with van der Waals surface area (Å²) in [5, 5.41) is 10.5. The van der Waals surface area contributed by atoms with Gasteiger partial charge in [-0.2, -0.15) is 0 Å². The molecule has 0 saturated carbocycles. The molecule has 0 aliphatic rings. The smallest absolute Gasteiger partial charge is 0.272 e. The van der Waals surface area contributed by atoms with E-state index in [0.29, 0.717) is 23.0 Å². The predicted molar refractivity (Wildman–Crippen MR) is 176 cm³/mol. The first kappa shape index (κ1) is 30.0. The van der Waals surface area contributed by atoms with E-state index >= 15 is 0 Å². The van der Waals surface area contributed by atoms with Crippen LogP contribution in [0.3, 0.4) is 0 Å². The summed E-state index contributed by atoms with van der Waals surface area (Å²) in [6.45, 7) is 4.32. The van der Waals surface area contributed by atoms with Gasteiger partial charge in [-0.25, -0.2) is 4.98 Å². The zero-order chi connectivity index (χ0) is 30.2. The SMILES string of the molecule is CCOc1ccc2nc(NC(=O)C(C)Sc3cccc(NC(=O)/C(=C/c4cccs4)NC(=O)c4ccccc4)c3)sc2c1. The van der Waals surface area contributed by atoms with E-state index in [1.807, 2.05) is 61.7 Å². The highest BCUT2D eigenvalue weighted by Crippen LogP contribution is 2.31. The van der Waals surface area contributed by atoms with E-state index in [1.54, 1.807) is 48.5 Å². The minimum Gasteiger partial charge on any atom is -0.494 e. The molecule has 0 saturated heterocycles. The third-order valence-corrected chi connectivity index (χ3v) is 8.88. The van der Waals surface area contributed by atoms with E-state index in [0.717, 1.165) is 25.7 Å². The molecule has 0 aliphatic carbocycles. The van der Waals surface area contributed by atoms with Crippen molar-refractivity contribution in [1.29, 1.82) is 0 Å². The van der Waals surface area contributed by atoms with Gasteiger partial charge >= 0.3 is 0 Å². The lowest BCUT2D eigenvalue weighted by Crippen LogP contribution is -2.30. The van der Waals surface area contributed by atoms with E-state index in [9.17, 15) is 14.4 Å². The maximum atomic E-state index is 13.3. The summed E-state index contributed by atoms with van der Waals surface area (Å²) in [6.07, 6.45) is 1.64. The van der Waals surface area contributed by atoms with Gasteiger partial charge < -0.3 is 20.7 Å². The Hall–Kier alpha value is -4.45. The number of nitrogens with one attached hydrogen (secondary N) is 3. The molecule has 0 radical (unpaired) electrons. The first-order chi connectivity index (χ1) is 20.9. The highest BCUT2D eigenvalue weighted by molar-refractivity contribution is 8.00. The van der Waals surface area contributed by atoms with Crippen molar-refractivity contribution >= 4 is 79.3 Å². The van der Waals surface area contributed by atoms with Crippen molar-refractivity contribution in [2.45, 2.75) is 24.0 Å². The summed E-state index contributed by atoms with van der Waals surface area (Å²) in [5.74, 6) is -0.270. The molecule has 2 aromatic heterocycles. The van der Waals surface area contributed by atoms with Crippen LogP contribution in [0, 0.1) is 0 Å². The Morgan fingerprint density at radius 2 is 1.81 bits per heavy atom. The Balaban J connectivity index is 1.24. The molecule has 43 heavy (non-hydrogen) atoms. The zero-order valence-corrected chi connectivity index (χ0v) is 25.8. The molecule has 5 aromatic rings. The van der Waals surface area contributed by atoms with Gasteiger partial charge in [0, 0.05) is 21.0 Å². The van der Waals surface area contributed by atoms with Crippen molar-refractivity contribution in [3.63, 3.8) is 0 Å². The second kappa shape index (κ2) is 14.1. The molecule has 1 unspecified atom stereocenters. The van der Waals surface area contributed by atoms with Crippen LogP contribution in [-0.2, 0) is 9.59 Å². The van der Waals surface area contributed by atoms with Crippen molar-refractivity contribution in [1.82, 2.24) is 10.3 Å². The molecule has 218 valence electrons. The molecule has 3 N–H and O–H groups in total. The molecule has 2 heterocycles. The van der Waals surface area contributed by atoms with Crippen LogP contribution < -0.4 is 20.7 Å². The number of rotatable bonds is 11. The van der Waals surface area contributed by atoms with Crippen LogP contribution in [0.15, 0.2) is 101 Å². The summed E-state index contributed by atoms with van der Waals surface area (Å²) < 4.78 is 6.48. The standard InChI is InChI=1S/C32H28N4O4S3/c1-3-40-23-14-15-26-28(18-23)43-32(35-26)36-29(37)20(2)42-25-12-7-11-22(17-25)33-31(39)27(19-24-13-8-16-41-24)34-30(38)21-9-5-4-6-10-21/h4-20H,3H2,1-2H3,(H,33,39)(H,34,38)(H,35,36,37)/b27-19-. The van der Waals surface area contributed by atoms with Gasteiger partial charge in [-0.3, -0.25) is 14.4 Å². The Kier molecular flexibility index (Phi) is 9.88. The van der Waals surface area contributed by atoms with E-state index in [2.05, 4.69) is 20.9 Å². The van der Waals surface area contributed by atoms with Crippen LogP contribution >= 0.6 is 34.4 Å². The molecular weight excluding hydrogens is 601 g/mol. The fourth-order valence-corrected chi connectivity index (χ4v) is 6.46. The highest BCUT2D eigenvalue weighted by atomic mass is 32.2. The number of hydrogen-bond acceptors (Lipinski definition) is 8. The molecule has 0 aliphatic heterocycles. The Morgan fingerprint density at radius 3 is 2.58 bits per heavy atom. The number of benzene rings is 3. The van der Waals surface area contributed by atoms with Gasteiger partial charge in [0.1, 0.15) is 11.4 Å². The maximum absolute atomic E-state index is 13.3. The van der Waals surface area contributed by atoms with Gasteiger partial charge in [-0.1, -0.05) is 41.7 Å². The van der Waals surface area contributed by atoms with E-state index < -0.39 is 11.2 Å². The minimum absolute atomic E-state index is 0.117. The molecule has 3 aromatic carbocycles. The number of anilines is 2.